The third-order valence-electron chi connectivity index (χ3n) is 3.87. The number of carbonyl (C=O) groups is 1. The van der Waals surface area contributed by atoms with Gasteiger partial charge in [0.1, 0.15) is 5.82 Å². The zero-order valence-electron chi connectivity index (χ0n) is 12.3. The lowest BCUT2D eigenvalue weighted by Gasteiger charge is -2.29. The Hall–Kier alpha value is -2.27. The van der Waals surface area contributed by atoms with Gasteiger partial charge < -0.3 is 10.0 Å². The average molecular weight is 300 g/mol. The molecule has 5 heteroatoms. The number of aliphatic hydroxyl groups excluding tert-OH is 1. The van der Waals surface area contributed by atoms with Crippen LogP contribution in [0.5, 0.6) is 0 Å². The summed E-state index contributed by atoms with van der Waals surface area (Å²) in [4.78, 5) is 18.8. The van der Waals surface area contributed by atoms with Gasteiger partial charge in [-0.1, -0.05) is 0 Å². The molecule has 0 atom stereocenters. The molecule has 0 fully saturated rings. The second kappa shape index (κ2) is 5.85. The fourth-order valence-electron chi connectivity index (χ4n) is 2.84. The molecule has 0 radical (unpaired) electrons. The van der Waals surface area contributed by atoms with Gasteiger partial charge >= 0.3 is 0 Å². The SMILES string of the molecule is Cc1cc2c(c(-c3ccc(F)cc3)n1)C(=O)N(CCO)CC2. The molecule has 4 nitrogen and oxygen atoms in total. The minimum atomic E-state index is -0.321. The van der Waals surface area contributed by atoms with E-state index in [1.165, 1.54) is 12.1 Å². The number of benzene rings is 1. The van der Waals surface area contributed by atoms with Crippen molar-refractivity contribution >= 4 is 5.91 Å². The molecular formula is C17H17FN2O2. The van der Waals surface area contributed by atoms with Gasteiger partial charge in [0.2, 0.25) is 0 Å². The van der Waals surface area contributed by atoms with Crippen molar-refractivity contribution in [3.63, 3.8) is 0 Å². The molecule has 0 aliphatic carbocycles. The van der Waals surface area contributed by atoms with Crippen LogP contribution in [0.4, 0.5) is 4.39 Å². The van der Waals surface area contributed by atoms with E-state index in [-0.39, 0.29) is 18.3 Å². The van der Waals surface area contributed by atoms with Gasteiger partial charge in [0, 0.05) is 24.3 Å². The van der Waals surface area contributed by atoms with E-state index in [4.69, 9.17) is 5.11 Å². The van der Waals surface area contributed by atoms with Crippen LogP contribution in [-0.4, -0.2) is 40.6 Å². The molecule has 22 heavy (non-hydrogen) atoms. The molecule has 1 aromatic carbocycles. The Morgan fingerprint density at radius 3 is 2.73 bits per heavy atom. The largest absolute Gasteiger partial charge is 0.395 e. The van der Waals surface area contributed by atoms with Crippen molar-refractivity contribution in [1.82, 2.24) is 9.88 Å². The molecule has 3 rings (SSSR count). The smallest absolute Gasteiger partial charge is 0.256 e. The van der Waals surface area contributed by atoms with Crippen LogP contribution in [0.3, 0.4) is 0 Å². The fourth-order valence-corrected chi connectivity index (χ4v) is 2.84. The highest BCUT2D eigenvalue weighted by atomic mass is 19.1. The van der Waals surface area contributed by atoms with Crippen LogP contribution in [0, 0.1) is 12.7 Å². The third-order valence-corrected chi connectivity index (χ3v) is 3.87. The predicted octanol–water partition coefficient (Wildman–Crippen LogP) is 2.19. The lowest BCUT2D eigenvalue weighted by atomic mass is 9.94. The Bertz CT molecular complexity index is 713. The molecule has 1 aliphatic heterocycles. The maximum absolute atomic E-state index is 13.1. The summed E-state index contributed by atoms with van der Waals surface area (Å²) >= 11 is 0. The molecule has 0 spiro atoms. The molecule has 114 valence electrons. The van der Waals surface area contributed by atoms with E-state index >= 15 is 0 Å². The number of β-amino-alcohol motifs (C(OH)–C–C–N with tert-alkyl or cyclic N) is 1. The monoisotopic (exact) mass is 300 g/mol. The summed E-state index contributed by atoms with van der Waals surface area (Å²) in [6.07, 6.45) is 0.735. The average Bonchev–Trinajstić information content (AvgIpc) is 2.50. The van der Waals surface area contributed by atoms with Crippen LogP contribution >= 0.6 is 0 Å². The number of hydrogen-bond donors (Lipinski definition) is 1. The molecule has 0 saturated carbocycles. The molecule has 2 aromatic rings. The molecule has 1 amide bonds. The second-order valence-corrected chi connectivity index (χ2v) is 5.42. The molecule has 0 unspecified atom stereocenters. The van der Waals surface area contributed by atoms with Gasteiger partial charge in [0.25, 0.3) is 5.91 Å². The van der Waals surface area contributed by atoms with Gasteiger partial charge in [-0.25, -0.2) is 4.39 Å². The van der Waals surface area contributed by atoms with Gasteiger partial charge in [-0.15, -0.1) is 0 Å². The highest BCUT2D eigenvalue weighted by Crippen LogP contribution is 2.29. The summed E-state index contributed by atoms with van der Waals surface area (Å²) in [5, 5.41) is 9.09. The Morgan fingerprint density at radius 2 is 2.05 bits per heavy atom. The Labute approximate surface area is 128 Å². The molecular weight excluding hydrogens is 283 g/mol. The minimum Gasteiger partial charge on any atom is -0.395 e. The highest BCUT2D eigenvalue weighted by Gasteiger charge is 2.28. The number of carbonyl (C=O) groups excluding carboxylic acids is 1. The molecule has 0 bridgehead atoms. The first kappa shape index (κ1) is 14.7. The highest BCUT2D eigenvalue weighted by molar-refractivity contribution is 6.02. The van der Waals surface area contributed by atoms with Gasteiger partial charge in [-0.2, -0.15) is 0 Å². The van der Waals surface area contributed by atoms with Crippen molar-refractivity contribution in [3.05, 3.63) is 53.0 Å². The number of aromatic nitrogens is 1. The van der Waals surface area contributed by atoms with E-state index in [1.807, 2.05) is 13.0 Å². The molecule has 1 aromatic heterocycles. The van der Waals surface area contributed by atoms with Crippen molar-refractivity contribution in [2.45, 2.75) is 13.3 Å². The standard InChI is InChI=1S/C17H17FN2O2/c1-11-10-13-6-7-20(8-9-21)17(22)15(13)16(19-11)12-2-4-14(18)5-3-12/h2-5,10,21H,6-9H2,1H3. The maximum atomic E-state index is 13.1. The zero-order valence-corrected chi connectivity index (χ0v) is 12.3. The number of rotatable bonds is 3. The molecule has 0 saturated heterocycles. The number of aliphatic hydroxyl groups is 1. The van der Waals surface area contributed by atoms with E-state index in [2.05, 4.69) is 4.98 Å². The Kier molecular flexibility index (Phi) is 3.90. The summed E-state index contributed by atoms with van der Waals surface area (Å²) in [5.41, 5.74) is 3.67. The van der Waals surface area contributed by atoms with E-state index in [9.17, 15) is 9.18 Å². The van der Waals surface area contributed by atoms with Crippen LogP contribution in [0.25, 0.3) is 11.3 Å². The van der Waals surface area contributed by atoms with Crippen molar-refractivity contribution in [1.29, 1.82) is 0 Å². The van der Waals surface area contributed by atoms with E-state index in [0.717, 1.165) is 23.2 Å². The first-order chi connectivity index (χ1) is 10.6. The number of pyridine rings is 1. The van der Waals surface area contributed by atoms with Crippen LogP contribution in [-0.2, 0) is 6.42 Å². The van der Waals surface area contributed by atoms with Gasteiger partial charge in [0.15, 0.2) is 0 Å². The predicted molar refractivity (Wildman–Crippen MR) is 81.1 cm³/mol. The number of amides is 1. The van der Waals surface area contributed by atoms with Crippen molar-refractivity contribution in [2.75, 3.05) is 19.7 Å². The van der Waals surface area contributed by atoms with Crippen LogP contribution < -0.4 is 0 Å². The van der Waals surface area contributed by atoms with Crippen molar-refractivity contribution in [2.24, 2.45) is 0 Å². The molecule has 2 heterocycles. The number of halogens is 1. The Morgan fingerprint density at radius 1 is 1.32 bits per heavy atom. The van der Waals surface area contributed by atoms with Gasteiger partial charge in [0.05, 0.1) is 17.9 Å². The minimum absolute atomic E-state index is 0.0632. The van der Waals surface area contributed by atoms with Crippen molar-refractivity contribution in [3.8, 4) is 11.3 Å². The summed E-state index contributed by atoms with van der Waals surface area (Å²) in [7, 11) is 0. The second-order valence-electron chi connectivity index (χ2n) is 5.42. The van der Waals surface area contributed by atoms with Gasteiger partial charge in [-0.3, -0.25) is 9.78 Å². The van der Waals surface area contributed by atoms with Crippen molar-refractivity contribution < 1.29 is 14.3 Å². The van der Waals surface area contributed by atoms with Gasteiger partial charge in [-0.05, 0) is 49.2 Å². The number of hydrogen-bond acceptors (Lipinski definition) is 3. The summed E-state index contributed by atoms with van der Waals surface area (Å²) < 4.78 is 13.1. The third kappa shape index (κ3) is 2.60. The lowest BCUT2D eigenvalue weighted by Crippen LogP contribution is -2.40. The van der Waals surface area contributed by atoms with Crippen LogP contribution in [0.15, 0.2) is 30.3 Å². The Balaban J connectivity index is 2.13. The number of aryl methyl sites for hydroxylation is 1. The first-order valence-corrected chi connectivity index (χ1v) is 7.26. The fraction of sp³-hybridized carbons (Fsp3) is 0.294. The maximum Gasteiger partial charge on any atom is 0.256 e. The summed E-state index contributed by atoms with van der Waals surface area (Å²) in [5.74, 6) is -0.444. The van der Waals surface area contributed by atoms with E-state index < -0.39 is 0 Å². The summed E-state index contributed by atoms with van der Waals surface area (Å²) in [6, 6.07) is 7.93. The molecule has 1 aliphatic rings. The normalized spacial score (nSPS) is 14.1. The number of fused-ring (bicyclic) bond motifs is 1. The summed E-state index contributed by atoms with van der Waals surface area (Å²) in [6.45, 7) is 2.73. The zero-order chi connectivity index (χ0) is 15.7. The number of nitrogens with zero attached hydrogens (tertiary/aromatic N) is 2. The van der Waals surface area contributed by atoms with E-state index in [0.29, 0.717) is 24.3 Å². The lowest BCUT2D eigenvalue weighted by molar-refractivity contribution is 0.0706. The van der Waals surface area contributed by atoms with E-state index in [1.54, 1.807) is 17.0 Å². The van der Waals surface area contributed by atoms with Crippen LogP contribution in [0.2, 0.25) is 0 Å². The molecule has 1 N–H and O–H groups in total. The van der Waals surface area contributed by atoms with Crippen LogP contribution in [0.1, 0.15) is 21.6 Å². The topological polar surface area (TPSA) is 53.4 Å². The first-order valence-electron chi connectivity index (χ1n) is 7.26. The quantitative estimate of drug-likeness (QED) is 0.945.